The number of benzene rings is 1. The number of rotatable bonds is 5. The van der Waals surface area contributed by atoms with Crippen molar-refractivity contribution in [2.45, 2.75) is 9.92 Å². The van der Waals surface area contributed by atoms with Gasteiger partial charge >= 0.3 is 5.69 Å². The SMILES string of the molecule is COc1ccccc1Sc1nc(NN)ccc1[N+](=O)[O-]. The zero-order valence-electron chi connectivity index (χ0n) is 10.6. The molecule has 0 bridgehead atoms. The highest BCUT2D eigenvalue weighted by molar-refractivity contribution is 7.99. The van der Waals surface area contributed by atoms with Gasteiger partial charge in [0.1, 0.15) is 11.6 Å². The van der Waals surface area contributed by atoms with Gasteiger partial charge in [-0.25, -0.2) is 10.8 Å². The number of methoxy groups -OCH3 is 1. The van der Waals surface area contributed by atoms with Gasteiger partial charge in [-0.2, -0.15) is 0 Å². The fraction of sp³-hybridized carbons (Fsp3) is 0.0833. The monoisotopic (exact) mass is 292 g/mol. The maximum Gasteiger partial charge on any atom is 0.301 e. The predicted molar refractivity (Wildman–Crippen MR) is 75.8 cm³/mol. The highest BCUT2D eigenvalue weighted by atomic mass is 32.2. The second kappa shape index (κ2) is 6.22. The van der Waals surface area contributed by atoms with Gasteiger partial charge in [0.05, 0.1) is 16.9 Å². The van der Waals surface area contributed by atoms with E-state index in [9.17, 15) is 10.1 Å². The number of nitrogen functional groups attached to an aromatic ring is 1. The molecule has 0 saturated carbocycles. The Balaban J connectivity index is 2.43. The standard InChI is InChI=1S/C12H12N4O3S/c1-19-9-4-2-3-5-10(9)20-12-8(16(17)18)6-7-11(14-12)15-13/h2-7H,13H2,1H3,(H,14,15). The molecule has 0 atom stereocenters. The highest BCUT2D eigenvalue weighted by Crippen LogP contribution is 2.38. The molecule has 3 N–H and O–H groups in total. The van der Waals surface area contributed by atoms with Gasteiger partial charge in [0.25, 0.3) is 0 Å². The molecule has 8 heteroatoms. The van der Waals surface area contributed by atoms with Crippen molar-refractivity contribution in [3.8, 4) is 5.75 Å². The molecule has 2 rings (SSSR count). The molecule has 0 aliphatic rings. The zero-order chi connectivity index (χ0) is 14.5. The van der Waals surface area contributed by atoms with Crippen molar-refractivity contribution in [2.75, 3.05) is 12.5 Å². The van der Waals surface area contributed by atoms with Crippen molar-refractivity contribution >= 4 is 23.3 Å². The van der Waals surface area contributed by atoms with Crippen LogP contribution in [0.2, 0.25) is 0 Å². The van der Waals surface area contributed by atoms with Crippen molar-refractivity contribution in [3.63, 3.8) is 0 Å². The highest BCUT2D eigenvalue weighted by Gasteiger charge is 2.18. The number of hydrazine groups is 1. The van der Waals surface area contributed by atoms with Crippen molar-refractivity contribution in [3.05, 3.63) is 46.5 Å². The molecule has 2 aromatic rings. The first-order chi connectivity index (χ1) is 9.65. The lowest BCUT2D eigenvalue weighted by Gasteiger charge is -2.08. The van der Waals surface area contributed by atoms with Crippen LogP contribution < -0.4 is 16.0 Å². The number of anilines is 1. The van der Waals surface area contributed by atoms with E-state index in [1.165, 1.54) is 12.1 Å². The molecule has 1 heterocycles. The Hall–Kier alpha value is -2.32. The third kappa shape index (κ3) is 2.98. The Bertz CT molecular complexity index is 636. The molecule has 7 nitrogen and oxygen atoms in total. The van der Waals surface area contributed by atoms with E-state index in [0.29, 0.717) is 11.6 Å². The van der Waals surface area contributed by atoms with Crippen LogP contribution in [0.4, 0.5) is 11.5 Å². The van der Waals surface area contributed by atoms with E-state index in [4.69, 9.17) is 10.6 Å². The first kappa shape index (κ1) is 14.1. The second-order valence-corrected chi connectivity index (χ2v) is 4.71. The fourth-order valence-electron chi connectivity index (χ4n) is 1.53. The summed E-state index contributed by atoms with van der Waals surface area (Å²) in [6.07, 6.45) is 0. The Morgan fingerprint density at radius 2 is 2.10 bits per heavy atom. The summed E-state index contributed by atoms with van der Waals surface area (Å²) >= 11 is 1.15. The molecule has 0 radical (unpaired) electrons. The van der Waals surface area contributed by atoms with Gasteiger partial charge in [-0.15, -0.1) is 0 Å². The average Bonchev–Trinajstić information content (AvgIpc) is 2.47. The molecule has 0 amide bonds. The minimum atomic E-state index is -0.481. The quantitative estimate of drug-likeness (QED) is 0.495. The summed E-state index contributed by atoms with van der Waals surface area (Å²) in [7, 11) is 1.54. The molecule has 1 aromatic heterocycles. The lowest BCUT2D eigenvalue weighted by Crippen LogP contribution is -2.09. The summed E-state index contributed by atoms with van der Waals surface area (Å²) in [6.45, 7) is 0. The van der Waals surface area contributed by atoms with Crippen LogP contribution in [0, 0.1) is 10.1 Å². The zero-order valence-corrected chi connectivity index (χ0v) is 11.4. The van der Waals surface area contributed by atoms with Crippen LogP contribution >= 0.6 is 11.8 Å². The van der Waals surface area contributed by atoms with Gasteiger partial charge in [-0.1, -0.05) is 23.9 Å². The second-order valence-electron chi connectivity index (χ2n) is 3.68. The van der Waals surface area contributed by atoms with Crippen LogP contribution in [0.25, 0.3) is 0 Å². The third-order valence-electron chi connectivity index (χ3n) is 2.46. The van der Waals surface area contributed by atoms with Crippen molar-refractivity contribution < 1.29 is 9.66 Å². The first-order valence-corrected chi connectivity index (χ1v) is 6.40. The van der Waals surface area contributed by atoms with Gasteiger partial charge in [0.15, 0.2) is 5.03 Å². The number of para-hydroxylation sites is 1. The molecule has 0 saturated heterocycles. The van der Waals surface area contributed by atoms with Gasteiger partial charge in [-0.05, 0) is 18.2 Å². The van der Waals surface area contributed by atoms with E-state index in [1.807, 2.05) is 12.1 Å². The van der Waals surface area contributed by atoms with E-state index in [1.54, 1.807) is 19.2 Å². The number of hydrogen-bond donors (Lipinski definition) is 2. The summed E-state index contributed by atoms with van der Waals surface area (Å²) in [4.78, 5) is 15.4. The van der Waals surface area contributed by atoms with Crippen LogP contribution in [0.3, 0.4) is 0 Å². The average molecular weight is 292 g/mol. The molecular formula is C12H12N4O3S. The van der Waals surface area contributed by atoms with Gasteiger partial charge in [0, 0.05) is 6.07 Å². The maximum atomic E-state index is 11.0. The van der Waals surface area contributed by atoms with E-state index < -0.39 is 4.92 Å². The van der Waals surface area contributed by atoms with E-state index >= 15 is 0 Å². The molecule has 0 unspecified atom stereocenters. The number of ether oxygens (including phenoxy) is 1. The topological polar surface area (TPSA) is 103 Å². The molecule has 0 spiro atoms. The predicted octanol–water partition coefficient (Wildman–Crippen LogP) is 2.44. The van der Waals surface area contributed by atoms with Gasteiger partial charge in [0.2, 0.25) is 0 Å². The summed E-state index contributed by atoms with van der Waals surface area (Å²) < 4.78 is 5.22. The summed E-state index contributed by atoms with van der Waals surface area (Å²) in [5.74, 6) is 6.26. The van der Waals surface area contributed by atoms with Gasteiger partial charge < -0.3 is 10.2 Å². The number of hydrogen-bond acceptors (Lipinski definition) is 7. The van der Waals surface area contributed by atoms with Crippen LogP contribution in [-0.2, 0) is 0 Å². The fourth-order valence-corrected chi connectivity index (χ4v) is 2.53. The number of nitrogens with two attached hydrogens (primary N) is 1. The molecule has 1 aromatic carbocycles. The molecule has 20 heavy (non-hydrogen) atoms. The lowest BCUT2D eigenvalue weighted by molar-refractivity contribution is -0.388. The van der Waals surface area contributed by atoms with Crippen molar-refractivity contribution in [1.29, 1.82) is 0 Å². The van der Waals surface area contributed by atoms with Crippen molar-refractivity contribution in [1.82, 2.24) is 4.98 Å². The number of nitrogens with zero attached hydrogens (tertiary/aromatic N) is 2. The van der Waals surface area contributed by atoms with Gasteiger partial charge in [-0.3, -0.25) is 10.1 Å². The molecule has 0 aliphatic carbocycles. The Morgan fingerprint density at radius 3 is 2.75 bits per heavy atom. The van der Waals surface area contributed by atoms with Crippen LogP contribution in [0.1, 0.15) is 0 Å². The smallest absolute Gasteiger partial charge is 0.301 e. The third-order valence-corrected chi connectivity index (χ3v) is 3.51. The minimum Gasteiger partial charge on any atom is -0.496 e. The summed E-state index contributed by atoms with van der Waals surface area (Å²) in [6, 6.07) is 10.0. The minimum absolute atomic E-state index is 0.0834. The molecule has 104 valence electrons. The first-order valence-electron chi connectivity index (χ1n) is 5.58. The van der Waals surface area contributed by atoms with E-state index in [0.717, 1.165) is 16.7 Å². The van der Waals surface area contributed by atoms with Crippen LogP contribution in [-0.4, -0.2) is 17.0 Å². The number of aromatic nitrogens is 1. The maximum absolute atomic E-state index is 11.0. The summed E-state index contributed by atoms with van der Waals surface area (Å²) in [5, 5.41) is 11.3. The van der Waals surface area contributed by atoms with Crippen molar-refractivity contribution in [2.24, 2.45) is 5.84 Å². The molecule has 0 fully saturated rings. The normalized spacial score (nSPS) is 10.1. The molecular weight excluding hydrogens is 280 g/mol. The largest absolute Gasteiger partial charge is 0.496 e. The number of nitro groups is 1. The Kier molecular flexibility index (Phi) is 4.38. The number of pyridine rings is 1. The molecule has 0 aliphatic heterocycles. The summed E-state index contributed by atoms with van der Waals surface area (Å²) in [5.41, 5.74) is 2.29. The van der Waals surface area contributed by atoms with Crippen LogP contribution in [0.15, 0.2) is 46.3 Å². The Labute approximate surface area is 119 Å². The van der Waals surface area contributed by atoms with E-state index in [2.05, 4.69) is 10.4 Å². The number of nitrogens with one attached hydrogen (secondary N) is 1. The lowest BCUT2D eigenvalue weighted by atomic mass is 10.3. The van der Waals surface area contributed by atoms with E-state index in [-0.39, 0.29) is 10.7 Å². The Morgan fingerprint density at radius 1 is 1.35 bits per heavy atom. The van der Waals surface area contributed by atoms with Crippen LogP contribution in [0.5, 0.6) is 5.75 Å².